The van der Waals surface area contributed by atoms with Crippen LogP contribution in [0.2, 0.25) is 0 Å². The van der Waals surface area contributed by atoms with E-state index in [1.165, 1.54) is 0 Å². The van der Waals surface area contributed by atoms with Crippen LogP contribution < -0.4 is 10.5 Å². The molecule has 1 unspecified atom stereocenters. The van der Waals surface area contributed by atoms with Crippen molar-refractivity contribution in [2.24, 2.45) is 5.73 Å². The number of carbonyl (C=O) groups is 1. The summed E-state index contributed by atoms with van der Waals surface area (Å²) in [5, 5.41) is 7.51. The molecule has 7 nitrogen and oxygen atoms in total. The summed E-state index contributed by atoms with van der Waals surface area (Å²) in [6.07, 6.45) is 0.216. The van der Waals surface area contributed by atoms with Crippen molar-refractivity contribution >= 4 is 15.9 Å². The Bertz CT molecular complexity index is 360. The van der Waals surface area contributed by atoms with Crippen molar-refractivity contribution in [1.29, 1.82) is 5.26 Å². The number of nitrogens with zero attached hydrogens (tertiary/aromatic N) is 1. The average molecular weight is 249 g/mol. The van der Waals surface area contributed by atoms with Gasteiger partial charge in [-0.15, -0.1) is 0 Å². The maximum absolute atomic E-state index is 11.4. The number of amides is 1. The zero-order valence-electron chi connectivity index (χ0n) is 8.97. The Hall–Kier alpha value is -1.17. The van der Waals surface area contributed by atoms with Crippen LogP contribution in [0.15, 0.2) is 0 Å². The van der Waals surface area contributed by atoms with Gasteiger partial charge in [-0.25, -0.2) is 13.1 Å². The molecular formula is C8H15N3O4S. The predicted octanol–water partition coefficient (Wildman–Crippen LogP) is -1.29. The SMILES string of the molecule is CCC(C#N)S(=O)(=O)NCCOCC(N)=O. The van der Waals surface area contributed by atoms with Crippen molar-refractivity contribution < 1.29 is 17.9 Å². The maximum atomic E-state index is 11.4. The van der Waals surface area contributed by atoms with Crippen LogP contribution in [0, 0.1) is 11.3 Å². The number of nitriles is 1. The van der Waals surface area contributed by atoms with Crippen LogP contribution in [-0.2, 0) is 19.6 Å². The summed E-state index contributed by atoms with van der Waals surface area (Å²) < 4.78 is 29.8. The third-order valence-corrected chi connectivity index (χ3v) is 3.48. The van der Waals surface area contributed by atoms with E-state index >= 15 is 0 Å². The lowest BCUT2D eigenvalue weighted by molar-refractivity contribution is -0.122. The molecule has 0 aromatic heterocycles. The zero-order chi connectivity index (χ0) is 12.6. The van der Waals surface area contributed by atoms with Gasteiger partial charge >= 0.3 is 0 Å². The molecule has 0 fully saturated rings. The van der Waals surface area contributed by atoms with Crippen molar-refractivity contribution in [3.8, 4) is 6.07 Å². The molecular weight excluding hydrogens is 234 g/mol. The minimum atomic E-state index is -3.63. The molecule has 0 rings (SSSR count). The van der Waals surface area contributed by atoms with Crippen LogP contribution >= 0.6 is 0 Å². The fourth-order valence-electron chi connectivity index (χ4n) is 0.910. The summed E-state index contributed by atoms with van der Waals surface area (Å²) in [5.41, 5.74) is 4.81. The first-order chi connectivity index (χ1) is 7.44. The third-order valence-electron chi connectivity index (χ3n) is 1.68. The molecule has 0 saturated heterocycles. The number of nitrogens with one attached hydrogen (secondary N) is 1. The van der Waals surface area contributed by atoms with Gasteiger partial charge in [0.15, 0.2) is 5.25 Å². The van der Waals surface area contributed by atoms with Gasteiger partial charge in [-0.2, -0.15) is 5.26 Å². The van der Waals surface area contributed by atoms with Gasteiger partial charge in [0.1, 0.15) is 6.61 Å². The smallest absolute Gasteiger partial charge is 0.243 e. The fourth-order valence-corrected chi connectivity index (χ4v) is 2.06. The second-order valence-electron chi connectivity index (χ2n) is 2.98. The number of nitrogens with two attached hydrogens (primary N) is 1. The first-order valence-electron chi connectivity index (χ1n) is 4.68. The molecule has 0 aromatic carbocycles. The Labute approximate surface area is 94.6 Å². The highest BCUT2D eigenvalue weighted by Crippen LogP contribution is 2.01. The minimum absolute atomic E-state index is 0.00773. The minimum Gasteiger partial charge on any atom is -0.370 e. The van der Waals surface area contributed by atoms with Gasteiger partial charge in [0, 0.05) is 6.54 Å². The Balaban J connectivity index is 3.93. The van der Waals surface area contributed by atoms with Gasteiger partial charge in [-0.05, 0) is 6.42 Å². The molecule has 0 spiro atoms. The maximum Gasteiger partial charge on any atom is 0.243 e. The fraction of sp³-hybridized carbons (Fsp3) is 0.750. The highest BCUT2D eigenvalue weighted by atomic mass is 32.2. The van der Waals surface area contributed by atoms with Gasteiger partial charge in [0.2, 0.25) is 15.9 Å². The van der Waals surface area contributed by atoms with Crippen LogP contribution in [-0.4, -0.2) is 39.3 Å². The van der Waals surface area contributed by atoms with Crippen LogP contribution in [0.3, 0.4) is 0 Å². The van der Waals surface area contributed by atoms with E-state index in [-0.39, 0.29) is 26.2 Å². The van der Waals surface area contributed by atoms with E-state index in [4.69, 9.17) is 15.7 Å². The number of hydrogen-bond acceptors (Lipinski definition) is 5. The van der Waals surface area contributed by atoms with E-state index in [1.807, 2.05) is 0 Å². The summed E-state index contributed by atoms with van der Waals surface area (Å²) in [6, 6.07) is 1.69. The number of primary amides is 1. The lowest BCUT2D eigenvalue weighted by atomic mass is 10.4. The van der Waals surface area contributed by atoms with Gasteiger partial charge in [0.05, 0.1) is 12.7 Å². The largest absolute Gasteiger partial charge is 0.370 e. The van der Waals surface area contributed by atoms with Crippen molar-refractivity contribution in [3.63, 3.8) is 0 Å². The molecule has 0 bridgehead atoms. The number of hydrogen-bond donors (Lipinski definition) is 2. The van der Waals surface area contributed by atoms with Crippen molar-refractivity contribution in [1.82, 2.24) is 4.72 Å². The molecule has 0 aromatic rings. The molecule has 1 atom stereocenters. The van der Waals surface area contributed by atoms with Gasteiger partial charge in [0.25, 0.3) is 0 Å². The summed E-state index contributed by atoms with van der Waals surface area (Å²) >= 11 is 0. The third kappa shape index (κ3) is 5.65. The summed E-state index contributed by atoms with van der Waals surface area (Å²) in [4.78, 5) is 10.3. The molecule has 92 valence electrons. The molecule has 0 aliphatic heterocycles. The summed E-state index contributed by atoms with van der Waals surface area (Å²) in [5.74, 6) is -0.619. The summed E-state index contributed by atoms with van der Waals surface area (Å²) in [7, 11) is -3.63. The molecule has 0 heterocycles. The molecule has 16 heavy (non-hydrogen) atoms. The molecule has 0 saturated carbocycles. The van der Waals surface area contributed by atoms with Crippen molar-refractivity contribution in [2.45, 2.75) is 18.6 Å². The van der Waals surface area contributed by atoms with Crippen LogP contribution in [0.4, 0.5) is 0 Å². The van der Waals surface area contributed by atoms with Crippen molar-refractivity contribution in [3.05, 3.63) is 0 Å². The lowest BCUT2D eigenvalue weighted by Crippen LogP contribution is -2.35. The van der Waals surface area contributed by atoms with Gasteiger partial charge in [-0.3, -0.25) is 4.79 Å². The Kier molecular flexibility index (Phi) is 6.64. The molecule has 0 aliphatic carbocycles. The second kappa shape index (κ2) is 7.16. The highest BCUT2D eigenvalue weighted by molar-refractivity contribution is 7.90. The number of sulfonamides is 1. The summed E-state index contributed by atoms with van der Waals surface area (Å²) in [6.45, 7) is 1.39. The average Bonchev–Trinajstić information content (AvgIpc) is 2.17. The first kappa shape index (κ1) is 14.8. The van der Waals surface area contributed by atoms with Crippen molar-refractivity contribution in [2.75, 3.05) is 19.8 Å². The standard InChI is InChI=1S/C8H15N3O4S/c1-2-7(5-9)16(13,14)11-3-4-15-6-8(10)12/h7,11H,2-4,6H2,1H3,(H2,10,12). The van der Waals surface area contributed by atoms with E-state index in [1.54, 1.807) is 13.0 Å². The molecule has 8 heteroatoms. The van der Waals surface area contributed by atoms with Gasteiger partial charge in [-0.1, -0.05) is 6.92 Å². The van der Waals surface area contributed by atoms with Crippen LogP contribution in [0.5, 0.6) is 0 Å². The van der Waals surface area contributed by atoms with Gasteiger partial charge < -0.3 is 10.5 Å². The molecule has 1 amide bonds. The van der Waals surface area contributed by atoms with E-state index in [0.29, 0.717) is 0 Å². The Morgan fingerprint density at radius 2 is 2.25 bits per heavy atom. The zero-order valence-corrected chi connectivity index (χ0v) is 9.79. The first-order valence-corrected chi connectivity index (χ1v) is 6.22. The Morgan fingerprint density at radius 1 is 1.62 bits per heavy atom. The number of rotatable bonds is 8. The monoisotopic (exact) mass is 249 g/mol. The molecule has 3 N–H and O–H groups in total. The van der Waals surface area contributed by atoms with Crippen LogP contribution in [0.1, 0.15) is 13.3 Å². The van der Waals surface area contributed by atoms with Crippen LogP contribution in [0.25, 0.3) is 0 Å². The normalized spacial score (nSPS) is 13.0. The lowest BCUT2D eigenvalue weighted by Gasteiger charge is -2.09. The molecule has 0 aliphatic rings. The number of carbonyl (C=O) groups excluding carboxylic acids is 1. The number of ether oxygens (including phenoxy) is 1. The van der Waals surface area contributed by atoms with E-state index in [9.17, 15) is 13.2 Å². The van der Waals surface area contributed by atoms with E-state index in [2.05, 4.69) is 4.72 Å². The second-order valence-corrected chi connectivity index (χ2v) is 4.93. The topological polar surface area (TPSA) is 122 Å². The molecule has 0 radical (unpaired) electrons. The Morgan fingerprint density at radius 3 is 2.69 bits per heavy atom. The van der Waals surface area contributed by atoms with E-state index in [0.717, 1.165) is 0 Å². The highest BCUT2D eigenvalue weighted by Gasteiger charge is 2.22. The quantitative estimate of drug-likeness (QED) is 0.518. The predicted molar refractivity (Wildman–Crippen MR) is 56.6 cm³/mol. The van der Waals surface area contributed by atoms with E-state index < -0.39 is 21.2 Å².